The minimum Gasteiger partial charge on any atom is -0.336 e. The summed E-state index contributed by atoms with van der Waals surface area (Å²) in [5, 5.41) is 0. The Balaban J connectivity index is 2.51. The van der Waals surface area contributed by atoms with Gasteiger partial charge in [0.1, 0.15) is 11.6 Å². The number of H-pyrrole nitrogens is 1. The van der Waals surface area contributed by atoms with Gasteiger partial charge in [-0.05, 0) is 18.2 Å². The van der Waals surface area contributed by atoms with Crippen molar-refractivity contribution in [1.82, 2.24) is 9.97 Å². The van der Waals surface area contributed by atoms with Gasteiger partial charge in [-0.2, -0.15) is 13.2 Å². The lowest BCUT2D eigenvalue weighted by atomic mass is 10.1. The Kier molecular flexibility index (Phi) is 2.90. The number of aromatic amines is 1. The molecule has 2 rings (SSSR count). The zero-order valence-corrected chi connectivity index (χ0v) is 8.75. The Hall–Kier alpha value is -2.18. The minimum atomic E-state index is -4.64. The normalized spacial score (nSPS) is 11.6. The van der Waals surface area contributed by atoms with Crippen molar-refractivity contribution < 1.29 is 22.4 Å². The van der Waals surface area contributed by atoms with Crippen molar-refractivity contribution in [2.75, 3.05) is 0 Å². The van der Waals surface area contributed by atoms with Gasteiger partial charge in [0.2, 0.25) is 0 Å². The molecule has 0 unspecified atom stereocenters. The molecule has 0 aliphatic heterocycles. The van der Waals surface area contributed by atoms with Gasteiger partial charge in [0, 0.05) is 5.56 Å². The largest absolute Gasteiger partial charge is 0.416 e. The maximum atomic E-state index is 13.1. The molecule has 0 saturated heterocycles. The second kappa shape index (κ2) is 4.25. The Morgan fingerprint density at radius 2 is 1.94 bits per heavy atom. The summed E-state index contributed by atoms with van der Waals surface area (Å²) >= 11 is 0. The number of aromatic nitrogens is 2. The number of nitrogens with one attached hydrogen (secondary N) is 1. The lowest BCUT2D eigenvalue weighted by Gasteiger charge is -2.08. The number of hydrogen-bond donors (Lipinski definition) is 1. The van der Waals surface area contributed by atoms with Gasteiger partial charge >= 0.3 is 6.18 Å². The van der Waals surface area contributed by atoms with Gasteiger partial charge in [0.05, 0.1) is 17.5 Å². The van der Waals surface area contributed by atoms with Crippen molar-refractivity contribution in [3.8, 4) is 11.4 Å². The van der Waals surface area contributed by atoms with Gasteiger partial charge in [0.15, 0.2) is 6.29 Å². The molecule has 0 amide bonds. The number of benzene rings is 1. The predicted molar refractivity (Wildman–Crippen MR) is 54.4 cm³/mol. The highest BCUT2D eigenvalue weighted by atomic mass is 19.4. The third-order valence-electron chi connectivity index (χ3n) is 2.22. The van der Waals surface area contributed by atoms with E-state index in [1.54, 1.807) is 0 Å². The maximum Gasteiger partial charge on any atom is 0.416 e. The van der Waals surface area contributed by atoms with Crippen molar-refractivity contribution >= 4 is 6.29 Å². The third-order valence-corrected chi connectivity index (χ3v) is 2.22. The van der Waals surface area contributed by atoms with Gasteiger partial charge in [-0.25, -0.2) is 9.37 Å². The summed E-state index contributed by atoms with van der Waals surface area (Å²) in [6, 6.07) is 2.06. The average molecular weight is 258 g/mol. The molecule has 0 saturated carbocycles. The van der Waals surface area contributed by atoms with Crippen LogP contribution in [-0.4, -0.2) is 16.3 Å². The number of alkyl halides is 3. The van der Waals surface area contributed by atoms with Crippen LogP contribution < -0.4 is 0 Å². The molecule has 1 aromatic heterocycles. The van der Waals surface area contributed by atoms with E-state index in [4.69, 9.17) is 0 Å². The zero-order valence-electron chi connectivity index (χ0n) is 8.75. The van der Waals surface area contributed by atoms with E-state index in [0.29, 0.717) is 12.4 Å². The number of carbonyl (C=O) groups is 1. The summed E-state index contributed by atoms with van der Waals surface area (Å²) in [5.74, 6) is -1.02. The highest BCUT2D eigenvalue weighted by molar-refractivity contribution is 5.73. The van der Waals surface area contributed by atoms with Crippen LogP contribution in [0.2, 0.25) is 0 Å². The Morgan fingerprint density at radius 3 is 2.50 bits per heavy atom. The second-order valence-electron chi connectivity index (χ2n) is 3.53. The summed E-state index contributed by atoms with van der Waals surface area (Å²) in [6.07, 6.45) is -3.03. The Bertz CT molecular complexity index is 589. The molecule has 0 atom stereocenters. The van der Waals surface area contributed by atoms with Crippen LogP contribution in [0.1, 0.15) is 16.1 Å². The molecule has 0 spiro atoms. The first-order chi connectivity index (χ1) is 8.40. The lowest BCUT2D eigenvalue weighted by Crippen LogP contribution is -2.05. The molecule has 18 heavy (non-hydrogen) atoms. The molecule has 1 heterocycles. The number of carbonyl (C=O) groups excluding carboxylic acids is 1. The van der Waals surface area contributed by atoms with Gasteiger partial charge in [-0.1, -0.05) is 0 Å². The van der Waals surface area contributed by atoms with Crippen LogP contribution in [0, 0.1) is 5.82 Å². The fourth-order valence-electron chi connectivity index (χ4n) is 1.43. The highest BCUT2D eigenvalue weighted by Gasteiger charge is 2.31. The molecule has 7 heteroatoms. The SMILES string of the molecule is O=Cc1cnc(-c2cc(F)cc(C(F)(F)F)c2)[nH]1. The number of nitrogens with zero attached hydrogens (tertiary/aromatic N) is 1. The molecule has 0 fully saturated rings. The van der Waals surface area contributed by atoms with E-state index in [1.807, 2.05) is 0 Å². The predicted octanol–water partition coefficient (Wildman–Crippen LogP) is 3.05. The summed E-state index contributed by atoms with van der Waals surface area (Å²) in [5.41, 5.74) is -1.08. The second-order valence-corrected chi connectivity index (χ2v) is 3.53. The molecule has 0 bridgehead atoms. The molecule has 94 valence electrons. The van der Waals surface area contributed by atoms with Gasteiger partial charge < -0.3 is 4.98 Å². The van der Waals surface area contributed by atoms with Crippen LogP contribution in [0.5, 0.6) is 0 Å². The molecular weight excluding hydrogens is 252 g/mol. The summed E-state index contributed by atoms with van der Waals surface area (Å²) in [7, 11) is 0. The molecule has 3 nitrogen and oxygen atoms in total. The standard InChI is InChI=1S/C11H6F4N2O/c12-8-2-6(1-7(3-8)11(13,14)15)10-16-4-9(5-18)17-10/h1-5H,(H,16,17). The van der Waals surface area contributed by atoms with E-state index in [9.17, 15) is 22.4 Å². The first kappa shape index (κ1) is 12.3. The van der Waals surface area contributed by atoms with Crippen molar-refractivity contribution in [3.05, 3.63) is 41.5 Å². The quantitative estimate of drug-likeness (QED) is 0.664. The number of hydrogen-bond acceptors (Lipinski definition) is 2. The van der Waals surface area contributed by atoms with Crippen molar-refractivity contribution in [3.63, 3.8) is 0 Å². The van der Waals surface area contributed by atoms with Crippen molar-refractivity contribution in [2.45, 2.75) is 6.18 Å². The number of halogens is 4. The lowest BCUT2D eigenvalue weighted by molar-refractivity contribution is -0.137. The first-order valence-electron chi connectivity index (χ1n) is 4.78. The van der Waals surface area contributed by atoms with Crippen LogP contribution >= 0.6 is 0 Å². The van der Waals surface area contributed by atoms with E-state index in [2.05, 4.69) is 9.97 Å². The molecule has 2 aromatic rings. The Labute approximate surface area is 98.5 Å². The van der Waals surface area contributed by atoms with Gasteiger partial charge in [0.25, 0.3) is 0 Å². The third kappa shape index (κ3) is 2.39. The van der Waals surface area contributed by atoms with E-state index in [1.165, 1.54) is 0 Å². The fraction of sp³-hybridized carbons (Fsp3) is 0.0909. The van der Waals surface area contributed by atoms with E-state index in [0.717, 1.165) is 18.3 Å². The molecule has 1 N–H and O–H groups in total. The van der Waals surface area contributed by atoms with E-state index >= 15 is 0 Å². The molecule has 0 aliphatic rings. The van der Waals surface area contributed by atoms with Gasteiger partial charge in [-0.3, -0.25) is 4.79 Å². The molecular formula is C11H6F4N2O. The van der Waals surface area contributed by atoms with Crippen molar-refractivity contribution in [2.24, 2.45) is 0 Å². The summed E-state index contributed by atoms with van der Waals surface area (Å²) in [4.78, 5) is 16.6. The molecule has 0 radical (unpaired) electrons. The maximum absolute atomic E-state index is 13.1. The fourth-order valence-corrected chi connectivity index (χ4v) is 1.43. The topological polar surface area (TPSA) is 45.8 Å². The van der Waals surface area contributed by atoms with Crippen LogP contribution in [-0.2, 0) is 6.18 Å². The van der Waals surface area contributed by atoms with Crippen molar-refractivity contribution in [1.29, 1.82) is 0 Å². The van der Waals surface area contributed by atoms with E-state index < -0.39 is 17.6 Å². The smallest absolute Gasteiger partial charge is 0.336 e. The molecule has 0 aliphatic carbocycles. The number of aldehydes is 1. The Morgan fingerprint density at radius 1 is 1.22 bits per heavy atom. The average Bonchev–Trinajstić information content (AvgIpc) is 2.75. The van der Waals surface area contributed by atoms with Crippen LogP contribution in [0.3, 0.4) is 0 Å². The van der Waals surface area contributed by atoms with E-state index in [-0.39, 0.29) is 17.1 Å². The summed E-state index contributed by atoms with van der Waals surface area (Å²) < 4.78 is 50.6. The van der Waals surface area contributed by atoms with Crippen LogP contribution in [0.15, 0.2) is 24.4 Å². The monoisotopic (exact) mass is 258 g/mol. The van der Waals surface area contributed by atoms with Crippen LogP contribution in [0.25, 0.3) is 11.4 Å². The first-order valence-corrected chi connectivity index (χ1v) is 4.78. The number of imidazole rings is 1. The highest BCUT2D eigenvalue weighted by Crippen LogP contribution is 2.32. The van der Waals surface area contributed by atoms with Crippen LogP contribution in [0.4, 0.5) is 17.6 Å². The molecule has 1 aromatic carbocycles. The zero-order chi connectivity index (χ0) is 13.3. The minimum absolute atomic E-state index is 0.00194. The summed E-state index contributed by atoms with van der Waals surface area (Å²) in [6.45, 7) is 0. The van der Waals surface area contributed by atoms with Gasteiger partial charge in [-0.15, -0.1) is 0 Å². The number of rotatable bonds is 2.